The molecule has 6 nitrogen and oxygen atoms in total. The zero-order valence-corrected chi connectivity index (χ0v) is 20.0. The Balaban J connectivity index is 1.45. The number of para-hydroxylation sites is 2. The minimum atomic E-state index is -0.245. The highest BCUT2D eigenvalue weighted by Crippen LogP contribution is 2.34. The summed E-state index contributed by atoms with van der Waals surface area (Å²) >= 11 is 12.7. The van der Waals surface area contributed by atoms with Crippen LogP contribution in [-0.4, -0.2) is 27.4 Å². The maximum atomic E-state index is 13.2. The van der Waals surface area contributed by atoms with Gasteiger partial charge in [0, 0.05) is 22.9 Å². The SMILES string of the molecule is Cc1ccc(C(=O)NC2CC2)cc1NC(=O)Cn1c(-c2cccc(Cl)c2Cl)nc2ccccc21. The van der Waals surface area contributed by atoms with E-state index in [4.69, 9.17) is 28.2 Å². The molecular weight excluding hydrogens is 471 g/mol. The topological polar surface area (TPSA) is 76.0 Å². The Hall–Kier alpha value is -3.35. The standard InChI is InChI=1S/C26H22Cl2N4O2/c1-15-9-10-16(26(34)29-17-11-12-17)13-21(15)30-23(33)14-32-22-8-3-2-7-20(22)31-25(32)18-5-4-6-19(27)24(18)28/h2-10,13,17H,11-12,14H2,1H3,(H,29,34)(H,30,33). The van der Waals surface area contributed by atoms with Gasteiger partial charge in [0.25, 0.3) is 5.91 Å². The van der Waals surface area contributed by atoms with E-state index in [-0.39, 0.29) is 24.4 Å². The molecule has 172 valence electrons. The average molecular weight is 493 g/mol. The molecule has 1 aliphatic rings. The highest BCUT2D eigenvalue weighted by Gasteiger charge is 2.24. The van der Waals surface area contributed by atoms with Crippen molar-refractivity contribution >= 4 is 51.7 Å². The van der Waals surface area contributed by atoms with Crippen molar-refractivity contribution in [2.24, 2.45) is 0 Å². The van der Waals surface area contributed by atoms with Gasteiger partial charge in [-0.3, -0.25) is 9.59 Å². The van der Waals surface area contributed by atoms with Gasteiger partial charge in [-0.2, -0.15) is 0 Å². The molecule has 3 aromatic carbocycles. The first-order valence-electron chi connectivity index (χ1n) is 11.0. The van der Waals surface area contributed by atoms with Crippen LogP contribution < -0.4 is 10.6 Å². The molecule has 34 heavy (non-hydrogen) atoms. The van der Waals surface area contributed by atoms with E-state index in [9.17, 15) is 9.59 Å². The van der Waals surface area contributed by atoms with Crippen LogP contribution in [0.15, 0.2) is 60.7 Å². The van der Waals surface area contributed by atoms with Gasteiger partial charge in [0.15, 0.2) is 0 Å². The van der Waals surface area contributed by atoms with E-state index in [1.807, 2.05) is 47.9 Å². The second-order valence-corrected chi connectivity index (χ2v) is 9.22. The molecule has 0 unspecified atom stereocenters. The van der Waals surface area contributed by atoms with E-state index in [1.165, 1.54) is 0 Å². The van der Waals surface area contributed by atoms with E-state index in [0.717, 1.165) is 29.4 Å². The van der Waals surface area contributed by atoms with Gasteiger partial charge in [-0.25, -0.2) is 4.98 Å². The van der Waals surface area contributed by atoms with Crippen LogP contribution in [0.5, 0.6) is 0 Å². The molecule has 0 radical (unpaired) electrons. The lowest BCUT2D eigenvalue weighted by Gasteiger charge is -2.14. The molecule has 0 aliphatic heterocycles. The monoisotopic (exact) mass is 492 g/mol. The fourth-order valence-corrected chi connectivity index (χ4v) is 4.23. The third kappa shape index (κ3) is 4.52. The van der Waals surface area contributed by atoms with Gasteiger partial charge in [0.2, 0.25) is 5.91 Å². The number of aromatic nitrogens is 2. The number of hydrogen-bond donors (Lipinski definition) is 2. The predicted molar refractivity (Wildman–Crippen MR) is 135 cm³/mol. The number of carbonyl (C=O) groups excluding carboxylic acids is 2. The summed E-state index contributed by atoms with van der Waals surface area (Å²) in [6.45, 7) is 1.90. The van der Waals surface area contributed by atoms with Gasteiger partial charge in [-0.1, -0.05) is 47.5 Å². The number of imidazole rings is 1. The van der Waals surface area contributed by atoms with Crippen LogP contribution in [0, 0.1) is 6.92 Å². The maximum Gasteiger partial charge on any atom is 0.251 e. The van der Waals surface area contributed by atoms with Gasteiger partial charge >= 0.3 is 0 Å². The van der Waals surface area contributed by atoms with Crippen LogP contribution in [0.25, 0.3) is 22.4 Å². The Morgan fingerprint density at radius 1 is 1.06 bits per heavy atom. The summed E-state index contributed by atoms with van der Waals surface area (Å²) in [5.41, 5.74) is 4.18. The summed E-state index contributed by atoms with van der Waals surface area (Å²) in [6.07, 6.45) is 2.03. The van der Waals surface area contributed by atoms with E-state index in [2.05, 4.69) is 10.6 Å². The van der Waals surface area contributed by atoms with Gasteiger partial charge in [0.05, 0.1) is 21.1 Å². The van der Waals surface area contributed by atoms with Crippen molar-refractivity contribution in [3.63, 3.8) is 0 Å². The lowest BCUT2D eigenvalue weighted by atomic mass is 10.1. The molecule has 0 atom stereocenters. The summed E-state index contributed by atoms with van der Waals surface area (Å²) < 4.78 is 1.82. The molecule has 8 heteroatoms. The molecule has 1 aromatic heterocycles. The Bertz CT molecular complexity index is 1430. The Morgan fingerprint density at radius 3 is 2.65 bits per heavy atom. The lowest BCUT2D eigenvalue weighted by Crippen LogP contribution is -2.25. The quantitative estimate of drug-likeness (QED) is 0.354. The van der Waals surface area contributed by atoms with Crippen LogP contribution in [0.4, 0.5) is 5.69 Å². The van der Waals surface area contributed by atoms with E-state index >= 15 is 0 Å². The molecule has 1 fully saturated rings. The highest BCUT2D eigenvalue weighted by molar-refractivity contribution is 6.43. The van der Waals surface area contributed by atoms with Crippen molar-refractivity contribution < 1.29 is 9.59 Å². The number of rotatable bonds is 6. The largest absolute Gasteiger partial charge is 0.349 e. The first-order valence-corrected chi connectivity index (χ1v) is 11.8. The summed E-state index contributed by atoms with van der Waals surface area (Å²) in [5.74, 6) is 0.181. The van der Waals surface area contributed by atoms with Crippen LogP contribution >= 0.6 is 23.2 Å². The molecule has 1 saturated carbocycles. The lowest BCUT2D eigenvalue weighted by molar-refractivity contribution is -0.116. The second-order valence-electron chi connectivity index (χ2n) is 8.44. The van der Waals surface area contributed by atoms with E-state index in [0.29, 0.717) is 32.7 Å². The zero-order chi connectivity index (χ0) is 23.8. The molecule has 2 N–H and O–H groups in total. The number of halogens is 2. The number of nitrogens with zero attached hydrogens (tertiary/aromatic N) is 2. The molecule has 0 bridgehead atoms. The number of aryl methyl sites for hydroxylation is 1. The number of anilines is 1. The van der Waals surface area contributed by atoms with Crippen molar-refractivity contribution in [3.8, 4) is 11.4 Å². The molecule has 0 saturated heterocycles. The van der Waals surface area contributed by atoms with E-state index < -0.39 is 0 Å². The van der Waals surface area contributed by atoms with Gasteiger partial charge in [-0.15, -0.1) is 0 Å². The Morgan fingerprint density at radius 2 is 1.85 bits per heavy atom. The zero-order valence-electron chi connectivity index (χ0n) is 18.4. The second kappa shape index (κ2) is 9.12. The van der Waals surface area contributed by atoms with Crippen LogP contribution in [-0.2, 0) is 11.3 Å². The van der Waals surface area contributed by atoms with Crippen molar-refractivity contribution in [2.45, 2.75) is 32.4 Å². The molecule has 5 rings (SSSR count). The van der Waals surface area contributed by atoms with Gasteiger partial charge < -0.3 is 15.2 Å². The van der Waals surface area contributed by atoms with Crippen molar-refractivity contribution in [3.05, 3.63) is 81.8 Å². The molecule has 0 spiro atoms. The summed E-state index contributed by atoms with van der Waals surface area (Å²) in [5, 5.41) is 6.73. The number of nitrogens with one attached hydrogen (secondary N) is 2. The van der Waals surface area contributed by atoms with E-state index in [1.54, 1.807) is 24.3 Å². The number of amides is 2. The fourth-order valence-electron chi connectivity index (χ4n) is 3.85. The molecule has 1 heterocycles. The normalized spacial score (nSPS) is 13.1. The summed E-state index contributed by atoms with van der Waals surface area (Å²) in [4.78, 5) is 30.3. The van der Waals surface area contributed by atoms with Crippen molar-refractivity contribution in [2.75, 3.05) is 5.32 Å². The minimum absolute atomic E-state index is 0.0105. The number of benzene rings is 3. The van der Waals surface area contributed by atoms with Crippen LogP contribution in [0.2, 0.25) is 10.0 Å². The molecular formula is C26H22Cl2N4O2. The van der Waals surface area contributed by atoms with Gasteiger partial charge in [0.1, 0.15) is 12.4 Å². The third-order valence-electron chi connectivity index (χ3n) is 5.84. The van der Waals surface area contributed by atoms with Crippen LogP contribution in [0.3, 0.4) is 0 Å². The minimum Gasteiger partial charge on any atom is -0.349 e. The highest BCUT2D eigenvalue weighted by atomic mass is 35.5. The Labute approximate surface area is 206 Å². The maximum absolute atomic E-state index is 13.2. The smallest absolute Gasteiger partial charge is 0.251 e. The summed E-state index contributed by atoms with van der Waals surface area (Å²) in [6, 6.07) is 18.5. The third-order valence-corrected chi connectivity index (χ3v) is 6.65. The first kappa shape index (κ1) is 22.4. The number of fused-ring (bicyclic) bond motifs is 1. The predicted octanol–water partition coefficient (Wildman–Crippen LogP) is 5.85. The average Bonchev–Trinajstić information content (AvgIpc) is 3.57. The number of carbonyl (C=O) groups is 2. The molecule has 2 amide bonds. The fraction of sp³-hybridized carbons (Fsp3) is 0.192. The first-order chi connectivity index (χ1) is 16.4. The van der Waals surface area contributed by atoms with Crippen molar-refractivity contribution in [1.82, 2.24) is 14.9 Å². The van der Waals surface area contributed by atoms with Gasteiger partial charge in [-0.05, 0) is 61.7 Å². The number of hydrogen-bond acceptors (Lipinski definition) is 3. The summed E-state index contributed by atoms with van der Waals surface area (Å²) in [7, 11) is 0. The molecule has 4 aromatic rings. The Kier molecular flexibility index (Phi) is 6.02. The molecule has 1 aliphatic carbocycles. The van der Waals surface area contributed by atoms with Crippen molar-refractivity contribution in [1.29, 1.82) is 0 Å². The van der Waals surface area contributed by atoms with Crippen LogP contribution in [0.1, 0.15) is 28.8 Å².